The van der Waals surface area contributed by atoms with Crippen LogP contribution in [0.1, 0.15) is 11.3 Å². The fourth-order valence-corrected chi connectivity index (χ4v) is 2.63. The van der Waals surface area contributed by atoms with Crippen molar-refractivity contribution < 1.29 is 13.2 Å². The maximum absolute atomic E-state index is 13.0. The van der Waals surface area contributed by atoms with E-state index in [9.17, 15) is 13.2 Å². The van der Waals surface area contributed by atoms with Gasteiger partial charge in [0.2, 0.25) is 5.79 Å². The summed E-state index contributed by atoms with van der Waals surface area (Å²) in [6.07, 6.45) is 1.02. The summed E-state index contributed by atoms with van der Waals surface area (Å²) < 4.78 is 42.3. The maximum Gasteiger partial charge on any atom is 0.421 e. The number of halogens is 3. The van der Waals surface area contributed by atoms with Gasteiger partial charge in [-0.1, -0.05) is 0 Å². The first kappa shape index (κ1) is 17.0. The van der Waals surface area contributed by atoms with Crippen LogP contribution in [0.3, 0.4) is 0 Å². The highest BCUT2D eigenvalue weighted by molar-refractivity contribution is 5.82. The third kappa shape index (κ3) is 2.86. The second kappa shape index (κ2) is 5.62. The number of aryl methyl sites for hydroxylation is 1. The molecule has 3 heterocycles. The summed E-state index contributed by atoms with van der Waals surface area (Å²) in [5.41, 5.74) is 7.08. The van der Waals surface area contributed by atoms with Gasteiger partial charge in [0, 0.05) is 20.3 Å². The standard InChI is InChI=1S/C14H17F3N8/c1-8-10(6-22-25(8)9-4-21-24(3)7-9)14(18)20-5-11(13(15,16)17)12(19-2)23-14/h4-7,19,23H,18H2,1-3H3. The second-order valence-electron chi connectivity index (χ2n) is 5.61. The van der Waals surface area contributed by atoms with Gasteiger partial charge in [-0.15, -0.1) is 0 Å². The number of nitrogens with two attached hydrogens (primary N) is 1. The Hall–Kier alpha value is -2.82. The zero-order chi connectivity index (χ0) is 18.4. The second-order valence-corrected chi connectivity index (χ2v) is 5.61. The van der Waals surface area contributed by atoms with Gasteiger partial charge in [0.25, 0.3) is 0 Å². The lowest BCUT2D eigenvalue weighted by atomic mass is 10.1. The quantitative estimate of drug-likeness (QED) is 0.752. The van der Waals surface area contributed by atoms with E-state index in [1.807, 2.05) is 0 Å². The minimum atomic E-state index is -4.55. The highest BCUT2D eigenvalue weighted by atomic mass is 19.4. The molecule has 1 unspecified atom stereocenters. The molecular formula is C14H17F3N8. The molecule has 11 heteroatoms. The zero-order valence-corrected chi connectivity index (χ0v) is 13.8. The molecule has 0 saturated heterocycles. The van der Waals surface area contributed by atoms with Crippen molar-refractivity contribution in [3.63, 3.8) is 0 Å². The lowest BCUT2D eigenvalue weighted by molar-refractivity contribution is -0.0875. The Labute approximate surface area is 141 Å². The van der Waals surface area contributed by atoms with E-state index in [4.69, 9.17) is 5.73 Å². The van der Waals surface area contributed by atoms with Crippen molar-refractivity contribution in [2.45, 2.75) is 18.9 Å². The number of hydrogen-bond acceptors (Lipinski definition) is 6. The van der Waals surface area contributed by atoms with Crippen molar-refractivity contribution in [3.05, 3.63) is 41.2 Å². The van der Waals surface area contributed by atoms with E-state index in [1.54, 1.807) is 35.7 Å². The largest absolute Gasteiger partial charge is 0.421 e. The zero-order valence-electron chi connectivity index (χ0n) is 13.8. The topological polar surface area (TPSA) is 98.1 Å². The molecule has 1 aliphatic heterocycles. The molecule has 2 aromatic rings. The number of hydrogen-bond donors (Lipinski definition) is 3. The molecule has 3 rings (SSSR count). The predicted molar refractivity (Wildman–Crippen MR) is 84.7 cm³/mol. The molecule has 0 fully saturated rings. The number of alkyl halides is 3. The molecule has 8 nitrogen and oxygen atoms in total. The molecule has 25 heavy (non-hydrogen) atoms. The first-order valence-electron chi connectivity index (χ1n) is 7.31. The van der Waals surface area contributed by atoms with E-state index in [0.29, 0.717) is 16.9 Å². The maximum atomic E-state index is 13.0. The van der Waals surface area contributed by atoms with Crippen molar-refractivity contribution in [1.29, 1.82) is 0 Å². The smallest absolute Gasteiger partial charge is 0.374 e. The summed E-state index contributed by atoms with van der Waals surface area (Å²) in [7, 11) is 3.14. The van der Waals surface area contributed by atoms with Crippen LogP contribution >= 0.6 is 0 Å². The van der Waals surface area contributed by atoms with E-state index >= 15 is 0 Å². The number of nitrogens with zero attached hydrogens (tertiary/aromatic N) is 5. The van der Waals surface area contributed by atoms with Gasteiger partial charge in [0.05, 0.1) is 29.8 Å². The molecule has 0 aliphatic carbocycles. The van der Waals surface area contributed by atoms with E-state index in [2.05, 4.69) is 25.8 Å². The van der Waals surface area contributed by atoms with Crippen LogP contribution < -0.4 is 16.4 Å². The van der Waals surface area contributed by atoms with Crippen LogP contribution in [0.15, 0.2) is 35.0 Å². The van der Waals surface area contributed by atoms with Crippen LogP contribution in [0.25, 0.3) is 5.69 Å². The number of nitrogens with one attached hydrogen (secondary N) is 2. The van der Waals surface area contributed by atoms with E-state index in [0.717, 1.165) is 6.21 Å². The summed E-state index contributed by atoms with van der Waals surface area (Å²) in [5, 5.41) is 13.4. The average molecular weight is 354 g/mol. The Balaban J connectivity index is 2.00. The van der Waals surface area contributed by atoms with Gasteiger partial charge in [-0.3, -0.25) is 10.4 Å². The van der Waals surface area contributed by atoms with E-state index < -0.39 is 17.5 Å². The highest BCUT2D eigenvalue weighted by Crippen LogP contribution is 2.32. The Bertz CT molecular complexity index is 860. The number of allylic oxidation sites excluding steroid dienone is 1. The van der Waals surface area contributed by atoms with Crippen LogP contribution in [0, 0.1) is 6.92 Å². The molecule has 1 aliphatic rings. The molecule has 0 radical (unpaired) electrons. The van der Waals surface area contributed by atoms with Crippen molar-refractivity contribution in [2.75, 3.05) is 7.05 Å². The van der Waals surface area contributed by atoms with Gasteiger partial charge < -0.3 is 10.6 Å². The van der Waals surface area contributed by atoms with Gasteiger partial charge in [0.15, 0.2) is 0 Å². The molecule has 1 atom stereocenters. The van der Waals surface area contributed by atoms with Crippen molar-refractivity contribution >= 4 is 6.21 Å². The number of rotatable bonds is 3. The summed E-state index contributed by atoms with van der Waals surface area (Å²) in [4.78, 5) is 3.90. The molecular weight excluding hydrogens is 337 g/mol. The van der Waals surface area contributed by atoms with Crippen molar-refractivity contribution in [1.82, 2.24) is 30.2 Å². The summed E-state index contributed by atoms with van der Waals surface area (Å²) in [6.45, 7) is 1.75. The van der Waals surface area contributed by atoms with Crippen LogP contribution in [-0.2, 0) is 12.8 Å². The van der Waals surface area contributed by atoms with Gasteiger partial charge in [0.1, 0.15) is 17.1 Å². The lowest BCUT2D eigenvalue weighted by Gasteiger charge is -2.33. The van der Waals surface area contributed by atoms with E-state index in [1.165, 1.54) is 13.2 Å². The third-order valence-electron chi connectivity index (χ3n) is 3.89. The van der Waals surface area contributed by atoms with Crippen LogP contribution in [0.4, 0.5) is 13.2 Å². The van der Waals surface area contributed by atoms with Gasteiger partial charge in [-0.25, -0.2) is 9.67 Å². The van der Waals surface area contributed by atoms with Gasteiger partial charge in [-0.05, 0) is 6.92 Å². The molecule has 0 spiro atoms. The lowest BCUT2D eigenvalue weighted by Crippen LogP contribution is -2.54. The van der Waals surface area contributed by atoms with Crippen molar-refractivity contribution in [3.8, 4) is 5.69 Å². The molecule has 0 amide bonds. The average Bonchev–Trinajstić information content (AvgIpc) is 3.11. The molecule has 0 bridgehead atoms. The van der Waals surface area contributed by atoms with Crippen LogP contribution in [0.2, 0.25) is 0 Å². The third-order valence-corrected chi connectivity index (χ3v) is 3.89. The van der Waals surface area contributed by atoms with E-state index in [-0.39, 0.29) is 5.82 Å². The molecule has 0 aromatic carbocycles. The monoisotopic (exact) mass is 354 g/mol. The fourth-order valence-electron chi connectivity index (χ4n) is 2.63. The number of aromatic nitrogens is 4. The normalized spacial score (nSPS) is 20.8. The Morgan fingerprint density at radius 1 is 1.28 bits per heavy atom. The Morgan fingerprint density at radius 2 is 2.00 bits per heavy atom. The highest BCUT2D eigenvalue weighted by Gasteiger charge is 2.42. The van der Waals surface area contributed by atoms with Crippen molar-refractivity contribution in [2.24, 2.45) is 17.8 Å². The van der Waals surface area contributed by atoms with Crippen LogP contribution in [0.5, 0.6) is 0 Å². The molecule has 0 saturated carbocycles. The summed E-state index contributed by atoms with van der Waals surface area (Å²) in [5.74, 6) is -1.82. The predicted octanol–water partition coefficient (Wildman–Crippen LogP) is 0.651. The molecule has 134 valence electrons. The minimum absolute atomic E-state index is 0.251. The SMILES string of the molecule is CNC1=C(C(F)(F)F)C=NC(N)(c2cnn(-c3cnn(C)c3)c2C)N1. The first-order chi connectivity index (χ1) is 11.7. The summed E-state index contributed by atoms with van der Waals surface area (Å²) in [6, 6.07) is 0. The van der Waals surface area contributed by atoms with Crippen LogP contribution in [-0.4, -0.2) is 39.0 Å². The van der Waals surface area contributed by atoms with Gasteiger partial charge >= 0.3 is 6.18 Å². The minimum Gasteiger partial charge on any atom is -0.374 e. The Kier molecular flexibility index (Phi) is 3.82. The first-order valence-corrected chi connectivity index (χ1v) is 7.31. The fraction of sp³-hybridized carbons (Fsp3) is 0.357. The molecule has 4 N–H and O–H groups in total. The van der Waals surface area contributed by atoms with Gasteiger partial charge in [-0.2, -0.15) is 23.4 Å². The Morgan fingerprint density at radius 3 is 2.56 bits per heavy atom. The molecule has 2 aromatic heterocycles. The summed E-state index contributed by atoms with van der Waals surface area (Å²) >= 11 is 0. The number of aliphatic imine (C=N–C) groups is 1.